The van der Waals surface area contributed by atoms with Crippen molar-refractivity contribution in [2.45, 2.75) is 32.2 Å². The standard InChI is InChI=1S/C8H14N2O2/c1-2-5-9-8(12)6-3-4-7(11)10-6/h6H,2-5H2,1H3,(H,9,12)(H,10,11). The monoisotopic (exact) mass is 170 g/mol. The van der Waals surface area contributed by atoms with E-state index in [-0.39, 0.29) is 17.9 Å². The average molecular weight is 170 g/mol. The molecule has 0 aliphatic carbocycles. The van der Waals surface area contributed by atoms with Crippen LogP contribution in [0.4, 0.5) is 0 Å². The van der Waals surface area contributed by atoms with Crippen LogP contribution >= 0.6 is 0 Å². The Hall–Kier alpha value is -1.06. The fourth-order valence-electron chi connectivity index (χ4n) is 1.18. The van der Waals surface area contributed by atoms with Gasteiger partial charge in [-0.25, -0.2) is 0 Å². The van der Waals surface area contributed by atoms with E-state index in [0.717, 1.165) is 6.42 Å². The van der Waals surface area contributed by atoms with Gasteiger partial charge in [0.25, 0.3) is 0 Å². The van der Waals surface area contributed by atoms with Crippen LogP contribution in [-0.2, 0) is 9.59 Å². The largest absolute Gasteiger partial charge is 0.354 e. The number of amides is 2. The molecular weight excluding hydrogens is 156 g/mol. The summed E-state index contributed by atoms with van der Waals surface area (Å²) < 4.78 is 0. The van der Waals surface area contributed by atoms with Crippen LogP contribution in [0.3, 0.4) is 0 Å². The topological polar surface area (TPSA) is 58.2 Å². The molecule has 0 aromatic heterocycles. The van der Waals surface area contributed by atoms with Gasteiger partial charge in [0.15, 0.2) is 0 Å². The second-order valence-electron chi connectivity index (χ2n) is 2.95. The van der Waals surface area contributed by atoms with Crippen molar-refractivity contribution in [3.8, 4) is 0 Å². The first kappa shape index (κ1) is 9.03. The highest BCUT2D eigenvalue weighted by atomic mass is 16.2. The summed E-state index contributed by atoms with van der Waals surface area (Å²) in [5.74, 6) is -0.0747. The molecule has 1 heterocycles. The Morgan fingerprint density at radius 1 is 1.75 bits per heavy atom. The van der Waals surface area contributed by atoms with Gasteiger partial charge in [-0.15, -0.1) is 0 Å². The van der Waals surface area contributed by atoms with Gasteiger partial charge in [-0.05, 0) is 12.8 Å². The first-order valence-corrected chi connectivity index (χ1v) is 4.31. The van der Waals surface area contributed by atoms with Crippen LogP contribution in [-0.4, -0.2) is 24.4 Å². The van der Waals surface area contributed by atoms with E-state index in [1.807, 2.05) is 6.92 Å². The van der Waals surface area contributed by atoms with Gasteiger partial charge in [-0.1, -0.05) is 6.92 Å². The molecule has 0 radical (unpaired) electrons. The van der Waals surface area contributed by atoms with Crippen LogP contribution in [0.5, 0.6) is 0 Å². The van der Waals surface area contributed by atoms with Gasteiger partial charge >= 0.3 is 0 Å². The summed E-state index contributed by atoms with van der Waals surface area (Å²) in [4.78, 5) is 22.0. The van der Waals surface area contributed by atoms with E-state index in [9.17, 15) is 9.59 Å². The lowest BCUT2D eigenvalue weighted by Crippen LogP contribution is -2.41. The molecule has 0 bridgehead atoms. The predicted octanol–water partition coefficient (Wildman–Crippen LogP) is -0.209. The lowest BCUT2D eigenvalue weighted by molar-refractivity contribution is -0.125. The fraction of sp³-hybridized carbons (Fsp3) is 0.750. The highest BCUT2D eigenvalue weighted by Crippen LogP contribution is 2.05. The van der Waals surface area contributed by atoms with Gasteiger partial charge in [0, 0.05) is 13.0 Å². The minimum Gasteiger partial charge on any atom is -0.354 e. The maximum Gasteiger partial charge on any atom is 0.242 e. The summed E-state index contributed by atoms with van der Waals surface area (Å²) in [5.41, 5.74) is 0. The Kier molecular flexibility index (Phi) is 3.08. The van der Waals surface area contributed by atoms with Crippen LogP contribution in [0.25, 0.3) is 0 Å². The van der Waals surface area contributed by atoms with Gasteiger partial charge in [0.1, 0.15) is 6.04 Å². The lowest BCUT2D eigenvalue weighted by atomic mass is 10.2. The Morgan fingerprint density at radius 3 is 3.00 bits per heavy atom. The van der Waals surface area contributed by atoms with Crippen molar-refractivity contribution in [1.29, 1.82) is 0 Å². The molecule has 1 saturated heterocycles. The van der Waals surface area contributed by atoms with Gasteiger partial charge in [-0.3, -0.25) is 9.59 Å². The summed E-state index contributed by atoms with van der Waals surface area (Å²) in [5, 5.41) is 5.35. The maximum absolute atomic E-state index is 11.2. The van der Waals surface area contributed by atoms with E-state index in [1.165, 1.54) is 0 Å². The van der Waals surface area contributed by atoms with Crippen LogP contribution < -0.4 is 10.6 Å². The molecule has 2 N–H and O–H groups in total. The SMILES string of the molecule is CCCNC(=O)C1CCC(=O)N1. The van der Waals surface area contributed by atoms with Crippen molar-refractivity contribution in [2.75, 3.05) is 6.54 Å². The number of carbonyl (C=O) groups is 2. The number of carbonyl (C=O) groups excluding carboxylic acids is 2. The lowest BCUT2D eigenvalue weighted by Gasteiger charge is -2.09. The number of hydrogen-bond donors (Lipinski definition) is 2. The van der Waals surface area contributed by atoms with Crippen LogP contribution in [0.1, 0.15) is 26.2 Å². The second-order valence-corrected chi connectivity index (χ2v) is 2.95. The zero-order valence-corrected chi connectivity index (χ0v) is 7.22. The quantitative estimate of drug-likeness (QED) is 0.615. The third-order valence-corrected chi connectivity index (χ3v) is 1.86. The first-order valence-electron chi connectivity index (χ1n) is 4.31. The molecule has 12 heavy (non-hydrogen) atoms. The molecule has 4 nitrogen and oxygen atoms in total. The number of nitrogens with one attached hydrogen (secondary N) is 2. The minimum absolute atomic E-state index is 0.0216. The van der Waals surface area contributed by atoms with Gasteiger partial charge < -0.3 is 10.6 Å². The summed E-state index contributed by atoms with van der Waals surface area (Å²) in [6.07, 6.45) is 2.03. The third-order valence-electron chi connectivity index (χ3n) is 1.86. The molecule has 1 rings (SSSR count). The van der Waals surface area contributed by atoms with Crippen molar-refractivity contribution < 1.29 is 9.59 Å². The van der Waals surface area contributed by atoms with Crippen molar-refractivity contribution in [2.24, 2.45) is 0 Å². The third kappa shape index (κ3) is 2.22. The molecule has 0 aromatic carbocycles. The number of rotatable bonds is 3. The zero-order chi connectivity index (χ0) is 8.97. The van der Waals surface area contributed by atoms with E-state index in [1.54, 1.807) is 0 Å². The van der Waals surface area contributed by atoms with Crippen LogP contribution in [0, 0.1) is 0 Å². The summed E-state index contributed by atoms with van der Waals surface area (Å²) in [7, 11) is 0. The van der Waals surface area contributed by atoms with Crippen molar-refractivity contribution in [3.05, 3.63) is 0 Å². The average Bonchev–Trinajstić information content (AvgIpc) is 2.47. The normalized spacial score (nSPS) is 22.1. The van der Waals surface area contributed by atoms with Gasteiger partial charge in [-0.2, -0.15) is 0 Å². The van der Waals surface area contributed by atoms with E-state index in [0.29, 0.717) is 19.4 Å². The first-order chi connectivity index (χ1) is 5.74. The molecule has 2 amide bonds. The molecule has 1 fully saturated rings. The number of hydrogen-bond acceptors (Lipinski definition) is 2. The second kappa shape index (κ2) is 4.09. The summed E-state index contributed by atoms with van der Waals surface area (Å²) in [6, 6.07) is -0.288. The Labute approximate surface area is 71.7 Å². The van der Waals surface area contributed by atoms with Crippen LogP contribution in [0.2, 0.25) is 0 Å². The highest BCUT2D eigenvalue weighted by Gasteiger charge is 2.26. The predicted molar refractivity (Wildman–Crippen MR) is 44.5 cm³/mol. The Balaban J connectivity index is 2.28. The Morgan fingerprint density at radius 2 is 2.50 bits per heavy atom. The Bertz CT molecular complexity index is 191. The molecule has 68 valence electrons. The van der Waals surface area contributed by atoms with Crippen LogP contribution in [0.15, 0.2) is 0 Å². The van der Waals surface area contributed by atoms with E-state index in [4.69, 9.17) is 0 Å². The highest BCUT2D eigenvalue weighted by molar-refractivity contribution is 5.90. The molecule has 1 atom stereocenters. The van der Waals surface area contributed by atoms with Crippen molar-refractivity contribution in [1.82, 2.24) is 10.6 Å². The molecule has 1 unspecified atom stereocenters. The molecule has 4 heteroatoms. The van der Waals surface area contributed by atoms with Crippen molar-refractivity contribution >= 4 is 11.8 Å². The smallest absolute Gasteiger partial charge is 0.242 e. The fourth-order valence-corrected chi connectivity index (χ4v) is 1.18. The van der Waals surface area contributed by atoms with Gasteiger partial charge in [0.2, 0.25) is 11.8 Å². The molecular formula is C8H14N2O2. The van der Waals surface area contributed by atoms with E-state index >= 15 is 0 Å². The molecule has 1 aliphatic rings. The zero-order valence-electron chi connectivity index (χ0n) is 7.22. The molecule has 0 saturated carbocycles. The molecule has 0 spiro atoms. The van der Waals surface area contributed by atoms with E-state index < -0.39 is 0 Å². The summed E-state index contributed by atoms with van der Waals surface area (Å²) >= 11 is 0. The maximum atomic E-state index is 11.2. The molecule has 0 aromatic rings. The summed E-state index contributed by atoms with van der Waals surface area (Å²) in [6.45, 7) is 2.68. The minimum atomic E-state index is -0.288. The van der Waals surface area contributed by atoms with Gasteiger partial charge in [0.05, 0.1) is 0 Å². The van der Waals surface area contributed by atoms with E-state index in [2.05, 4.69) is 10.6 Å². The molecule has 1 aliphatic heterocycles. The van der Waals surface area contributed by atoms with Crippen molar-refractivity contribution in [3.63, 3.8) is 0 Å².